The van der Waals surface area contributed by atoms with Crippen molar-refractivity contribution in [2.75, 3.05) is 0 Å². The van der Waals surface area contributed by atoms with E-state index in [1.54, 1.807) is 26.8 Å². The van der Waals surface area contributed by atoms with Crippen molar-refractivity contribution < 1.29 is 14.4 Å². The molecule has 0 fully saturated rings. The third-order valence-corrected chi connectivity index (χ3v) is 2.33. The smallest absolute Gasteiger partial charge is 0.431 e. The maximum Gasteiger partial charge on any atom is 0.431 e. The lowest BCUT2D eigenvalue weighted by molar-refractivity contribution is -0.0425. The van der Waals surface area contributed by atoms with Crippen molar-refractivity contribution in [2.24, 2.45) is 0 Å². The van der Waals surface area contributed by atoms with Gasteiger partial charge in [0, 0.05) is 6.42 Å². The predicted molar refractivity (Wildman–Crippen MR) is 78.0 cm³/mol. The third-order valence-electron chi connectivity index (χ3n) is 2.33. The van der Waals surface area contributed by atoms with Crippen LogP contribution in [0.3, 0.4) is 0 Å². The Kier molecular flexibility index (Phi) is 6.04. The zero-order valence-corrected chi connectivity index (χ0v) is 12.2. The summed E-state index contributed by atoms with van der Waals surface area (Å²) >= 11 is 0. The molecule has 1 N–H and O–H groups in total. The normalized spacial score (nSPS) is 12.2. The van der Waals surface area contributed by atoms with Crippen molar-refractivity contribution in [3.63, 3.8) is 0 Å². The average Bonchev–Trinajstić information content (AvgIpc) is 2.38. The van der Waals surface area contributed by atoms with Gasteiger partial charge in [-0.15, -0.1) is 5.73 Å². The van der Waals surface area contributed by atoms with E-state index in [1.807, 2.05) is 30.3 Å². The summed E-state index contributed by atoms with van der Waals surface area (Å²) in [7, 11) is 0. The van der Waals surface area contributed by atoms with Gasteiger partial charge in [-0.25, -0.2) is 4.79 Å². The second kappa shape index (κ2) is 7.53. The van der Waals surface area contributed by atoms with Crippen LogP contribution in [0.1, 0.15) is 38.9 Å². The van der Waals surface area contributed by atoms with Gasteiger partial charge in [0.05, 0.1) is 0 Å². The summed E-state index contributed by atoms with van der Waals surface area (Å²) in [5, 5.41) is 0. The molecule has 0 heterocycles. The first-order valence-electron chi connectivity index (χ1n) is 6.46. The molecule has 0 aliphatic carbocycles. The van der Waals surface area contributed by atoms with Gasteiger partial charge in [-0.3, -0.25) is 4.84 Å². The monoisotopic (exact) mass is 275 g/mol. The van der Waals surface area contributed by atoms with Gasteiger partial charge in [0.25, 0.3) is 0 Å². The second-order valence-corrected chi connectivity index (χ2v) is 5.27. The Morgan fingerprint density at radius 1 is 1.40 bits per heavy atom. The standard InChI is InChI=1S/C16H21NO3/c1-5-6-12-14(13-10-8-7-9-11-13)20-17-15(18)19-16(2,3)4/h6-11,14H,1,12H2,2-4H3,(H,17,18). The van der Waals surface area contributed by atoms with Gasteiger partial charge in [-0.05, 0) is 32.4 Å². The predicted octanol–water partition coefficient (Wildman–Crippen LogP) is 3.92. The molecule has 1 aromatic carbocycles. The van der Waals surface area contributed by atoms with Crippen LogP contribution in [0.5, 0.6) is 0 Å². The van der Waals surface area contributed by atoms with Gasteiger partial charge in [0.2, 0.25) is 0 Å². The first-order valence-corrected chi connectivity index (χ1v) is 6.46. The van der Waals surface area contributed by atoms with Crippen LogP contribution in [-0.4, -0.2) is 11.7 Å². The number of carbonyl (C=O) groups is 1. The molecule has 1 rings (SSSR count). The van der Waals surface area contributed by atoms with E-state index in [0.717, 1.165) is 5.56 Å². The molecule has 0 saturated carbocycles. The molecular formula is C16H21NO3. The SMILES string of the molecule is C=C=CCC(ONC(=O)OC(C)(C)C)c1ccccc1. The molecule has 0 radical (unpaired) electrons. The number of nitrogens with one attached hydrogen (secondary N) is 1. The number of amides is 1. The first-order chi connectivity index (χ1) is 9.42. The largest absolute Gasteiger partial charge is 0.442 e. The topological polar surface area (TPSA) is 47.6 Å². The fraction of sp³-hybridized carbons (Fsp3) is 0.375. The number of hydroxylamine groups is 1. The lowest BCUT2D eigenvalue weighted by atomic mass is 10.1. The van der Waals surface area contributed by atoms with E-state index in [1.165, 1.54) is 0 Å². The van der Waals surface area contributed by atoms with E-state index in [4.69, 9.17) is 9.57 Å². The van der Waals surface area contributed by atoms with E-state index in [9.17, 15) is 4.79 Å². The van der Waals surface area contributed by atoms with E-state index >= 15 is 0 Å². The molecule has 20 heavy (non-hydrogen) atoms. The Morgan fingerprint density at radius 2 is 2.05 bits per heavy atom. The highest BCUT2D eigenvalue weighted by Gasteiger charge is 2.18. The number of hydrogen-bond donors (Lipinski definition) is 1. The summed E-state index contributed by atoms with van der Waals surface area (Å²) in [4.78, 5) is 17.0. The Labute approximate surface area is 120 Å². The summed E-state index contributed by atoms with van der Waals surface area (Å²) < 4.78 is 5.12. The molecular weight excluding hydrogens is 254 g/mol. The van der Waals surface area contributed by atoms with E-state index in [-0.39, 0.29) is 6.10 Å². The summed E-state index contributed by atoms with van der Waals surface area (Å²) in [5.74, 6) is 0. The summed E-state index contributed by atoms with van der Waals surface area (Å²) in [5.41, 5.74) is 5.41. The molecule has 1 aromatic rings. The number of rotatable bonds is 5. The van der Waals surface area contributed by atoms with Crippen LogP contribution >= 0.6 is 0 Å². The molecule has 108 valence electrons. The zero-order chi connectivity index (χ0) is 15.0. The van der Waals surface area contributed by atoms with Crippen molar-refractivity contribution in [3.8, 4) is 0 Å². The highest BCUT2D eigenvalue weighted by Crippen LogP contribution is 2.20. The van der Waals surface area contributed by atoms with Crippen LogP contribution in [-0.2, 0) is 9.57 Å². The van der Waals surface area contributed by atoms with Crippen LogP contribution < -0.4 is 5.48 Å². The summed E-state index contributed by atoms with van der Waals surface area (Å²) in [6, 6.07) is 9.61. The quantitative estimate of drug-likeness (QED) is 0.654. The fourth-order valence-electron chi connectivity index (χ4n) is 1.53. The first kappa shape index (κ1) is 16.0. The lowest BCUT2D eigenvalue weighted by Crippen LogP contribution is -2.33. The Hall–Kier alpha value is -2.03. The Morgan fingerprint density at radius 3 is 2.60 bits per heavy atom. The zero-order valence-electron chi connectivity index (χ0n) is 12.2. The molecule has 0 aliphatic rings. The molecule has 0 bridgehead atoms. The van der Waals surface area contributed by atoms with Gasteiger partial charge < -0.3 is 4.74 Å². The van der Waals surface area contributed by atoms with Gasteiger partial charge in [0.15, 0.2) is 0 Å². The lowest BCUT2D eigenvalue weighted by Gasteiger charge is -2.21. The average molecular weight is 275 g/mol. The maximum atomic E-state index is 11.6. The van der Waals surface area contributed by atoms with Crippen molar-refractivity contribution in [3.05, 3.63) is 54.3 Å². The van der Waals surface area contributed by atoms with Gasteiger partial charge in [0.1, 0.15) is 11.7 Å². The van der Waals surface area contributed by atoms with Crippen LogP contribution in [0.25, 0.3) is 0 Å². The fourth-order valence-corrected chi connectivity index (χ4v) is 1.53. The van der Waals surface area contributed by atoms with Crippen LogP contribution in [0.4, 0.5) is 4.79 Å². The van der Waals surface area contributed by atoms with Gasteiger partial charge >= 0.3 is 6.09 Å². The summed E-state index contributed by atoms with van der Waals surface area (Å²) in [6.07, 6.45) is 1.40. The van der Waals surface area contributed by atoms with Crippen LogP contribution in [0.2, 0.25) is 0 Å². The number of carbonyl (C=O) groups excluding carboxylic acids is 1. The highest BCUT2D eigenvalue weighted by atomic mass is 16.7. The van der Waals surface area contributed by atoms with Crippen molar-refractivity contribution in [2.45, 2.75) is 38.9 Å². The molecule has 4 nitrogen and oxygen atoms in total. The molecule has 0 saturated heterocycles. The molecule has 0 aromatic heterocycles. The van der Waals surface area contributed by atoms with E-state index < -0.39 is 11.7 Å². The Balaban J connectivity index is 2.62. The van der Waals surface area contributed by atoms with Crippen LogP contribution in [0.15, 0.2) is 48.7 Å². The molecule has 1 unspecified atom stereocenters. The minimum Gasteiger partial charge on any atom is -0.442 e. The second-order valence-electron chi connectivity index (χ2n) is 5.27. The molecule has 0 aliphatic heterocycles. The maximum absolute atomic E-state index is 11.6. The molecule has 0 spiro atoms. The van der Waals surface area contributed by atoms with Crippen molar-refractivity contribution in [1.82, 2.24) is 5.48 Å². The number of ether oxygens (including phenoxy) is 1. The highest BCUT2D eigenvalue weighted by molar-refractivity contribution is 5.66. The molecule has 1 amide bonds. The number of hydrogen-bond acceptors (Lipinski definition) is 3. The number of benzene rings is 1. The van der Waals surface area contributed by atoms with Gasteiger partial charge in [-0.1, -0.05) is 36.9 Å². The summed E-state index contributed by atoms with van der Waals surface area (Å²) in [6.45, 7) is 8.90. The Bertz CT molecular complexity index is 470. The molecule has 1 atom stereocenters. The minimum absolute atomic E-state index is 0.307. The van der Waals surface area contributed by atoms with E-state index in [2.05, 4.69) is 17.8 Å². The van der Waals surface area contributed by atoms with Crippen molar-refractivity contribution in [1.29, 1.82) is 0 Å². The minimum atomic E-state index is -0.610. The van der Waals surface area contributed by atoms with Crippen molar-refractivity contribution >= 4 is 6.09 Å². The van der Waals surface area contributed by atoms with Crippen LogP contribution in [0, 0.1) is 0 Å². The molecule has 4 heteroatoms. The third kappa shape index (κ3) is 6.23. The van der Waals surface area contributed by atoms with E-state index in [0.29, 0.717) is 6.42 Å². The van der Waals surface area contributed by atoms with Gasteiger partial charge in [-0.2, -0.15) is 5.48 Å².